The molecular weight excluding hydrogens is 325 g/mol. The van der Waals surface area contributed by atoms with Gasteiger partial charge in [0.15, 0.2) is 5.82 Å². The molecule has 1 aromatic heterocycles. The summed E-state index contributed by atoms with van der Waals surface area (Å²) in [4.78, 5) is 9.31. The van der Waals surface area contributed by atoms with Crippen LogP contribution in [0.5, 0.6) is 0 Å². The van der Waals surface area contributed by atoms with Crippen LogP contribution in [0, 0.1) is 21.7 Å². The minimum absolute atomic E-state index is 0.192. The molecule has 0 bridgehead atoms. The maximum atomic E-state index is 13.5. The number of benzene rings is 1. The van der Waals surface area contributed by atoms with Gasteiger partial charge < -0.3 is 0 Å². The van der Waals surface area contributed by atoms with E-state index in [4.69, 9.17) is 11.6 Å². The van der Waals surface area contributed by atoms with Gasteiger partial charge in [-0.05, 0) is 12.1 Å². The Hall–Kier alpha value is -2.23. The predicted molar refractivity (Wildman–Crippen MR) is 60.1 cm³/mol. The Labute approximate surface area is 117 Å². The van der Waals surface area contributed by atoms with Gasteiger partial charge in [-0.2, -0.15) is 18.3 Å². The lowest BCUT2D eigenvalue weighted by Gasteiger charge is -2.04. The van der Waals surface area contributed by atoms with Crippen LogP contribution in [0.2, 0.25) is 5.15 Å². The average molecular weight is 328 g/mol. The van der Waals surface area contributed by atoms with Crippen LogP contribution >= 0.6 is 11.6 Å². The highest BCUT2D eigenvalue weighted by Gasteiger charge is 2.45. The maximum absolute atomic E-state index is 13.5. The monoisotopic (exact) mass is 327 g/mol. The second kappa shape index (κ2) is 4.95. The summed E-state index contributed by atoms with van der Waals surface area (Å²) >= 11 is 5.48. The smallest absolute Gasteiger partial charge is 0.258 e. The fraction of sp³-hybridized carbons (Fsp3) is 0.100. The van der Waals surface area contributed by atoms with Gasteiger partial charge in [0.05, 0.1) is 4.92 Å². The first-order valence-electron chi connectivity index (χ1n) is 5.08. The molecule has 5 nitrogen and oxygen atoms in total. The summed E-state index contributed by atoms with van der Waals surface area (Å²) in [5, 5.41) is 12.6. The molecule has 0 spiro atoms. The molecule has 0 amide bonds. The molecule has 112 valence electrons. The predicted octanol–water partition coefficient (Wildman–Crippen LogP) is 3.73. The van der Waals surface area contributed by atoms with Gasteiger partial charge in [-0.25, -0.2) is 13.5 Å². The third-order valence-corrected chi connectivity index (χ3v) is 2.73. The van der Waals surface area contributed by atoms with Gasteiger partial charge in [0.2, 0.25) is 10.8 Å². The SMILES string of the molecule is O=[N+]([O-])c1c(C(F)(F)F)nn(-c2ccc(F)cc2F)c1Cl. The Morgan fingerprint density at radius 3 is 2.33 bits per heavy atom. The molecule has 0 aliphatic heterocycles. The summed E-state index contributed by atoms with van der Waals surface area (Å²) in [6, 6.07) is 1.88. The average Bonchev–Trinajstić information content (AvgIpc) is 2.67. The normalized spacial score (nSPS) is 11.7. The zero-order chi connectivity index (χ0) is 15.9. The second-order valence-corrected chi connectivity index (χ2v) is 4.11. The summed E-state index contributed by atoms with van der Waals surface area (Å²) in [7, 11) is 0. The summed E-state index contributed by atoms with van der Waals surface area (Å²) in [5.74, 6) is -2.26. The van der Waals surface area contributed by atoms with Gasteiger partial charge in [-0.1, -0.05) is 11.6 Å². The van der Waals surface area contributed by atoms with Crippen LogP contribution in [0.15, 0.2) is 18.2 Å². The lowest BCUT2D eigenvalue weighted by Crippen LogP contribution is -2.09. The van der Waals surface area contributed by atoms with Crippen LogP contribution in [-0.4, -0.2) is 14.7 Å². The minimum atomic E-state index is -5.16. The number of halogens is 6. The third kappa shape index (κ3) is 2.66. The number of alkyl halides is 3. The first-order valence-corrected chi connectivity index (χ1v) is 5.46. The van der Waals surface area contributed by atoms with Gasteiger partial charge >= 0.3 is 11.9 Å². The summed E-state index contributed by atoms with van der Waals surface area (Å²) in [6.45, 7) is 0. The van der Waals surface area contributed by atoms with Crippen LogP contribution < -0.4 is 0 Å². The van der Waals surface area contributed by atoms with E-state index in [9.17, 15) is 32.1 Å². The van der Waals surface area contributed by atoms with E-state index in [-0.39, 0.29) is 4.68 Å². The van der Waals surface area contributed by atoms with Crippen molar-refractivity contribution in [1.29, 1.82) is 0 Å². The third-order valence-electron chi connectivity index (χ3n) is 2.39. The van der Waals surface area contributed by atoms with E-state index in [1.54, 1.807) is 0 Å². The largest absolute Gasteiger partial charge is 0.442 e. The van der Waals surface area contributed by atoms with Gasteiger partial charge in [0.25, 0.3) is 0 Å². The highest BCUT2D eigenvalue weighted by atomic mass is 35.5. The Kier molecular flexibility index (Phi) is 3.58. The lowest BCUT2D eigenvalue weighted by atomic mass is 10.3. The Bertz CT molecular complexity index is 728. The van der Waals surface area contributed by atoms with E-state index in [2.05, 4.69) is 5.10 Å². The van der Waals surface area contributed by atoms with Crippen molar-refractivity contribution < 1.29 is 26.9 Å². The van der Waals surface area contributed by atoms with E-state index < -0.39 is 45.0 Å². The van der Waals surface area contributed by atoms with Crippen molar-refractivity contribution in [3.63, 3.8) is 0 Å². The fourth-order valence-corrected chi connectivity index (χ4v) is 1.84. The molecule has 0 fully saturated rings. The molecule has 0 unspecified atom stereocenters. The van der Waals surface area contributed by atoms with E-state index in [1.807, 2.05) is 0 Å². The molecule has 0 radical (unpaired) electrons. The molecule has 1 heterocycles. The quantitative estimate of drug-likeness (QED) is 0.479. The molecule has 0 atom stereocenters. The van der Waals surface area contributed by atoms with Gasteiger partial charge in [-0.3, -0.25) is 10.1 Å². The van der Waals surface area contributed by atoms with Crippen molar-refractivity contribution in [2.24, 2.45) is 0 Å². The minimum Gasteiger partial charge on any atom is -0.258 e. The van der Waals surface area contributed by atoms with Crippen LogP contribution in [0.25, 0.3) is 5.69 Å². The molecule has 0 aliphatic rings. The van der Waals surface area contributed by atoms with Crippen molar-refractivity contribution in [3.05, 3.63) is 50.8 Å². The lowest BCUT2D eigenvalue weighted by molar-refractivity contribution is -0.388. The number of nitrogens with zero attached hydrogens (tertiary/aromatic N) is 3. The molecule has 11 heteroatoms. The van der Waals surface area contributed by atoms with Gasteiger partial charge in [0.1, 0.15) is 11.5 Å². The zero-order valence-electron chi connectivity index (χ0n) is 9.66. The Morgan fingerprint density at radius 2 is 1.90 bits per heavy atom. The summed E-state index contributed by atoms with van der Waals surface area (Å²) < 4.78 is 64.6. The Morgan fingerprint density at radius 1 is 1.29 bits per heavy atom. The number of aromatic nitrogens is 2. The standard InChI is InChI=1S/C10H3ClF5N3O2/c11-9-7(19(20)21)8(10(14,15)16)17-18(9)6-2-1-4(12)3-5(6)13/h1-3H. The first-order chi connectivity index (χ1) is 9.62. The van der Waals surface area contributed by atoms with Gasteiger partial charge in [-0.15, -0.1) is 0 Å². The van der Waals surface area contributed by atoms with Crippen LogP contribution in [0.4, 0.5) is 27.6 Å². The summed E-state index contributed by atoms with van der Waals surface area (Å²) in [6.07, 6.45) is -5.16. The van der Waals surface area contributed by atoms with Crippen LogP contribution in [0.3, 0.4) is 0 Å². The molecule has 0 aliphatic carbocycles. The molecular formula is C10H3ClF5N3O2. The van der Waals surface area contributed by atoms with E-state index >= 15 is 0 Å². The van der Waals surface area contributed by atoms with Crippen LogP contribution in [0.1, 0.15) is 5.69 Å². The molecule has 2 rings (SSSR count). The van der Waals surface area contributed by atoms with E-state index in [0.717, 1.165) is 12.1 Å². The van der Waals surface area contributed by atoms with E-state index in [1.165, 1.54) is 0 Å². The molecule has 21 heavy (non-hydrogen) atoms. The number of hydrogen-bond acceptors (Lipinski definition) is 3. The molecule has 0 saturated heterocycles. The van der Waals surface area contributed by atoms with Crippen molar-refractivity contribution in [2.45, 2.75) is 6.18 Å². The maximum Gasteiger partial charge on any atom is 0.442 e. The highest BCUT2D eigenvalue weighted by molar-refractivity contribution is 6.32. The molecule has 1 aromatic carbocycles. The van der Waals surface area contributed by atoms with Crippen molar-refractivity contribution in [2.75, 3.05) is 0 Å². The van der Waals surface area contributed by atoms with Gasteiger partial charge in [0, 0.05) is 6.07 Å². The number of nitro groups is 1. The summed E-state index contributed by atoms with van der Waals surface area (Å²) in [5.41, 5.74) is -4.03. The van der Waals surface area contributed by atoms with Crippen molar-refractivity contribution in [1.82, 2.24) is 9.78 Å². The first kappa shape index (κ1) is 15.2. The van der Waals surface area contributed by atoms with E-state index in [0.29, 0.717) is 6.07 Å². The number of rotatable bonds is 2. The molecule has 0 saturated carbocycles. The molecule has 2 aromatic rings. The van der Waals surface area contributed by atoms with Crippen molar-refractivity contribution >= 4 is 17.3 Å². The van der Waals surface area contributed by atoms with Crippen LogP contribution in [-0.2, 0) is 6.18 Å². The Balaban J connectivity index is 2.74. The number of hydrogen-bond donors (Lipinski definition) is 0. The second-order valence-electron chi connectivity index (χ2n) is 3.75. The fourth-order valence-electron chi connectivity index (χ4n) is 1.55. The van der Waals surface area contributed by atoms with Crippen molar-refractivity contribution in [3.8, 4) is 5.69 Å². The molecule has 0 N–H and O–H groups in total. The highest BCUT2D eigenvalue weighted by Crippen LogP contribution is 2.40. The topological polar surface area (TPSA) is 61.0 Å². The zero-order valence-corrected chi connectivity index (χ0v) is 10.4.